The number of aromatic nitrogens is 2. The number of hydrogen-bond donors (Lipinski definition) is 1. The van der Waals surface area contributed by atoms with Crippen LogP contribution in [0.15, 0.2) is 17.8 Å². The lowest BCUT2D eigenvalue weighted by atomic mass is 10.1. The van der Waals surface area contributed by atoms with E-state index in [1.165, 1.54) is 0 Å². The summed E-state index contributed by atoms with van der Waals surface area (Å²) in [7, 11) is 0. The lowest BCUT2D eigenvalue weighted by Crippen LogP contribution is -2.49. The van der Waals surface area contributed by atoms with Crippen LogP contribution < -0.4 is 10.6 Å². The molecule has 2 N–H and O–H groups in total. The van der Waals surface area contributed by atoms with Crippen LogP contribution in [0, 0.1) is 0 Å². The molecule has 1 aliphatic heterocycles. The van der Waals surface area contributed by atoms with Crippen LogP contribution in [0.4, 0.5) is 5.82 Å². The molecule has 6 nitrogen and oxygen atoms in total. The third kappa shape index (κ3) is 5.67. The Morgan fingerprint density at radius 2 is 1.81 bits per heavy atom. The number of amides is 1. The number of nitrogens with two attached hydrogens (primary N) is 1. The largest absolute Gasteiger partial charge is 0.352 e. The number of rotatable bonds is 7. The van der Waals surface area contributed by atoms with Crippen molar-refractivity contribution in [1.29, 1.82) is 0 Å². The van der Waals surface area contributed by atoms with Crippen molar-refractivity contribution < 1.29 is 4.79 Å². The van der Waals surface area contributed by atoms with Gasteiger partial charge in [-0.15, -0.1) is 36.2 Å². The number of carbonyl (C=O) groups is 1. The smallest absolute Gasteiger partial charge is 0.222 e. The van der Waals surface area contributed by atoms with Crippen molar-refractivity contribution in [1.82, 2.24) is 14.9 Å². The van der Waals surface area contributed by atoms with Crippen LogP contribution in [-0.4, -0.2) is 53.5 Å². The Morgan fingerprint density at radius 3 is 2.54 bits per heavy atom. The molecular formula is C17H27Cl2N5OS. The SMILES string of the molecule is Cl.Cl.NCCCCCCC(=O)N1CCN(c2ncnc3ccsc23)CC1. The lowest BCUT2D eigenvalue weighted by Gasteiger charge is -2.35. The van der Waals surface area contributed by atoms with E-state index in [0.717, 1.165) is 74.4 Å². The van der Waals surface area contributed by atoms with E-state index in [0.29, 0.717) is 6.42 Å². The highest BCUT2D eigenvalue weighted by Crippen LogP contribution is 2.28. The Balaban J connectivity index is 0.00000169. The molecule has 0 radical (unpaired) electrons. The fourth-order valence-electron chi connectivity index (χ4n) is 3.10. The first-order chi connectivity index (χ1) is 11.8. The maximum Gasteiger partial charge on any atom is 0.222 e. The van der Waals surface area contributed by atoms with E-state index in [9.17, 15) is 4.79 Å². The molecule has 146 valence electrons. The van der Waals surface area contributed by atoms with Gasteiger partial charge >= 0.3 is 0 Å². The number of fused-ring (bicyclic) bond motifs is 1. The second-order valence-electron chi connectivity index (χ2n) is 6.15. The standard InChI is InChI=1S/C17H25N5OS.2ClH/c18-7-4-2-1-3-5-15(23)21-8-10-22(11-9-21)17-16-14(6-12-24-16)19-13-20-17;;/h6,12-13H,1-5,7-11,18H2;2*1H. The maximum absolute atomic E-state index is 12.3. The summed E-state index contributed by atoms with van der Waals surface area (Å²) in [5.41, 5.74) is 6.49. The maximum atomic E-state index is 12.3. The Kier molecular flexibility index (Phi) is 10.2. The first-order valence-corrected chi connectivity index (χ1v) is 9.58. The predicted molar refractivity (Wildman–Crippen MR) is 113 cm³/mol. The minimum Gasteiger partial charge on any atom is -0.352 e. The van der Waals surface area contributed by atoms with Gasteiger partial charge in [0.25, 0.3) is 0 Å². The van der Waals surface area contributed by atoms with Gasteiger partial charge in [0.05, 0.1) is 10.2 Å². The van der Waals surface area contributed by atoms with Gasteiger partial charge in [-0.05, 0) is 30.8 Å². The second-order valence-corrected chi connectivity index (χ2v) is 7.07. The van der Waals surface area contributed by atoms with Crippen molar-refractivity contribution >= 4 is 58.1 Å². The fourth-order valence-corrected chi connectivity index (χ4v) is 3.96. The molecule has 2 aromatic rings. The van der Waals surface area contributed by atoms with Crippen LogP contribution in [0.3, 0.4) is 0 Å². The van der Waals surface area contributed by atoms with Crippen molar-refractivity contribution in [2.24, 2.45) is 5.73 Å². The van der Waals surface area contributed by atoms with Gasteiger partial charge in [0.15, 0.2) is 0 Å². The van der Waals surface area contributed by atoms with Gasteiger partial charge in [0.2, 0.25) is 5.91 Å². The molecule has 0 saturated carbocycles. The molecular weight excluding hydrogens is 393 g/mol. The van der Waals surface area contributed by atoms with E-state index in [-0.39, 0.29) is 30.7 Å². The molecule has 1 saturated heterocycles. The van der Waals surface area contributed by atoms with Crippen molar-refractivity contribution in [3.05, 3.63) is 17.8 Å². The van der Waals surface area contributed by atoms with Crippen LogP contribution >= 0.6 is 36.2 Å². The number of nitrogens with zero attached hydrogens (tertiary/aromatic N) is 4. The lowest BCUT2D eigenvalue weighted by molar-refractivity contribution is -0.131. The van der Waals surface area contributed by atoms with Crippen LogP contribution in [-0.2, 0) is 4.79 Å². The Hall–Kier alpha value is -1.15. The summed E-state index contributed by atoms with van der Waals surface area (Å²) in [4.78, 5) is 25.3. The van der Waals surface area contributed by atoms with Gasteiger partial charge < -0.3 is 15.5 Å². The molecule has 26 heavy (non-hydrogen) atoms. The van der Waals surface area contributed by atoms with Crippen LogP contribution in [0.2, 0.25) is 0 Å². The average molecular weight is 420 g/mol. The molecule has 3 rings (SSSR count). The Morgan fingerprint density at radius 1 is 1.08 bits per heavy atom. The van der Waals surface area contributed by atoms with Crippen molar-refractivity contribution in [3.63, 3.8) is 0 Å². The summed E-state index contributed by atoms with van der Waals surface area (Å²) >= 11 is 1.68. The van der Waals surface area contributed by atoms with Crippen LogP contribution in [0.5, 0.6) is 0 Å². The third-order valence-electron chi connectivity index (χ3n) is 4.50. The highest BCUT2D eigenvalue weighted by molar-refractivity contribution is 7.17. The van der Waals surface area contributed by atoms with Gasteiger partial charge in [-0.2, -0.15) is 0 Å². The zero-order chi connectivity index (χ0) is 16.8. The summed E-state index contributed by atoms with van der Waals surface area (Å²) in [6, 6.07) is 2.02. The minimum atomic E-state index is 0. The zero-order valence-corrected chi connectivity index (χ0v) is 17.3. The first kappa shape index (κ1) is 22.9. The topological polar surface area (TPSA) is 75.4 Å². The Labute approximate surface area is 171 Å². The van der Waals surface area contributed by atoms with E-state index >= 15 is 0 Å². The molecule has 1 amide bonds. The van der Waals surface area contributed by atoms with E-state index in [1.54, 1.807) is 17.7 Å². The average Bonchev–Trinajstić information content (AvgIpc) is 3.10. The summed E-state index contributed by atoms with van der Waals surface area (Å²) in [5, 5.41) is 2.05. The number of anilines is 1. The molecule has 2 aromatic heterocycles. The van der Waals surface area contributed by atoms with Crippen molar-refractivity contribution in [3.8, 4) is 0 Å². The van der Waals surface area contributed by atoms with Gasteiger partial charge in [0.1, 0.15) is 12.1 Å². The summed E-state index contributed by atoms with van der Waals surface area (Å²) in [6.07, 6.45) is 6.54. The molecule has 0 aliphatic carbocycles. The monoisotopic (exact) mass is 419 g/mol. The summed E-state index contributed by atoms with van der Waals surface area (Å²) in [5.74, 6) is 1.29. The molecule has 0 bridgehead atoms. The normalized spacial score (nSPS) is 14.0. The molecule has 1 aliphatic rings. The quantitative estimate of drug-likeness (QED) is 0.697. The number of thiophene rings is 1. The fraction of sp³-hybridized carbons (Fsp3) is 0.588. The molecule has 9 heteroatoms. The number of carbonyl (C=O) groups excluding carboxylic acids is 1. The van der Waals surface area contributed by atoms with E-state index in [2.05, 4.69) is 14.9 Å². The zero-order valence-electron chi connectivity index (χ0n) is 14.8. The highest BCUT2D eigenvalue weighted by Gasteiger charge is 2.23. The number of hydrogen-bond acceptors (Lipinski definition) is 6. The van der Waals surface area contributed by atoms with E-state index in [4.69, 9.17) is 5.73 Å². The second kappa shape index (κ2) is 11.5. The Bertz CT molecular complexity index is 676. The molecule has 0 atom stereocenters. The van der Waals surface area contributed by atoms with E-state index < -0.39 is 0 Å². The van der Waals surface area contributed by atoms with Crippen molar-refractivity contribution in [2.45, 2.75) is 32.1 Å². The predicted octanol–water partition coefficient (Wildman–Crippen LogP) is 3.09. The molecule has 0 spiro atoms. The molecule has 1 fully saturated rings. The number of halogens is 2. The highest BCUT2D eigenvalue weighted by atomic mass is 35.5. The van der Waals surface area contributed by atoms with Crippen molar-refractivity contribution in [2.75, 3.05) is 37.6 Å². The van der Waals surface area contributed by atoms with Gasteiger partial charge in [-0.1, -0.05) is 12.8 Å². The molecule has 3 heterocycles. The van der Waals surface area contributed by atoms with Gasteiger partial charge in [-0.25, -0.2) is 9.97 Å². The molecule has 0 aromatic carbocycles. The van der Waals surface area contributed by atoms with Crippen LogP contribution in [0.1, 0.15) is 32.1 Å². The molecule has 0 unspecified atom stereocenters. The summed E-state index contributed by atoms with van der Waals surface area (Å²) in [6.45, 7) is 3.97. The first-order valence-electron chi connectivity index (χ1n) is 8.70. The van der Waals surface area contributed by atoms with Crippen LogP contribution in [0.25, 0.3) is 10.2 Å². The van der Waals surface area contributed by atoms with E-state index in [1.807, 2.05) is 16.3 Å². The van der Waals surface area contributed by atoms with Gasteiger partial charge in [0, 0.05) is 32.6 Å². The summed E-state index contributed by atoms with van der Waals surface area (Å²) < 4.78 is 1.14. The third-order valence-corrected chi connectivity index (χ3v) is 5.40. The van der Waals surface area contributed by atoms with Gasteiger partial charge in [-0.3, -0.25) is 4.79 Å². The number of unbranched alkanes of at least 4 members (excludes halogenated alkanes) is 3. The minimum absolute atomic E-state index is 0. The number of piperazine rings is 1.